The molecule has 0 aliphatic rings. The van der Waals surface area contributed by atoms with Gasteiger partial charge in [0.2, 0.25) is 0 Å². The minimum Gasteiger partial charge on any atom is -0.481 e. The summed E-state index contributed by atoms with van der Waals surface area (Å²) in [4.78, 5) is 14.1. The van der Waals surface area contributed by atoms with Crippen molar-refractivity contribution in [1.29, 1.82) is 0 Å². The van der Waals surface area contributed by atoms with E-state index in [4.69, 9.17) is 6.48 Å². The molecule has 1 heterocycles. The Morgan fingerprint density at radius 1 is 1.64 bits per heavy atom. The van der Waals surface area contributed by atoms with Crippen LogP contribution in [0.15, 0.2) is 24.5 Å². The second kappa shape index (κ2) is 3.71. The van der Waals surface area contributed by atoms with Crippen LogP contribution >= 0.6 is 0 Å². The predicted octanol–water partition coefficient (Wildman–Crippen LogP) is 1.10. The number of carboxylic acids is 1. The van der Waals surface area contributed by atoms with E-state index in [0.717, 1.165) is 5.56 Å². The van der Waals surface area contributed by atoms with Gasteiger partial charge in [0.15, 0.2) is 0 Å². The van der Waals surface area contributed by atoms with Gasteiger partial charge in [-0.2, -0.15) is 0 Å². The number of aliphatic carboxylic acids is 1. The first kappa shape index (κ1) is 6.34. The van der Waals surface area contributed by atoms with Gasteiger partial charge in [-0.25, -0.2) is 0 Å². The third-order valence-corrected chi connectivity index (χ3v) is 1.26. The summed E-state index contributed by atoms with van der Waals surface area (Å²) in [5.74, 6) is -1.09. The lowest BCUT2D eigenvalue weighted by Gasteiger charge is -1.95. The van der Waals surface area contributed by atoms with Crippen molar-refractivity contribution < 1.29 is 11.3 Å². The molecule has 3 heteroatoms. The number of aryl methyl sites for hydroxylation is 1. The minimum absolute atomic E-state index is 0.234. The molecule has 11 heavy (non-hydrogen) atoms. The number of aromatic nitrogens is 1. The van der Waals surface area contributed by atoms with Crippen LogP contribution in [-0.4, -0.2) is 16.1 Å². The number of carbonyl (C=O) groups is 1. The molecule has 3 nitrogen and oxygen atoms in total. The summed E-state index contributed by atoms with van der Waals surface area (Å²) in [5.41, 5.74) is 0.826. The van der Waals surface area contributed by atoms with Gasteiger partial charge >= 0.3 is 5.97 Å². The maximum absolute atomic E-state index is 10.3. The number of nitrogens with zero attached hydrogens (tertiary/aromatic N) is 1. The molecule has 0 amide bonds. The fourth-order valence-electron chi connectivity index (χ4n) is 0.724. The zero-order valence-corrected chi connectivity index (χ0v) is 5.90. The summed E-state index contributed by atoms with van der Waals surface area (Å²) in [7, 11) is 0. The van der Waals surface area contributed by atoms with Crippen molar-refractivity contribution in [3.05, 3.63) is 30.1 Å². The molecule has 1 aromatic rings. The third kappa shape index (κ3) is 2.80. The average Bonchev–Trinajstić information content (AvgIpc) is 2.06. The van der Waals surface area contributed by atoms with Crippen molar-refractivity contribution in [3.63, 3.8) is 0 Å². The van der Waals surface area contributed by atoms with Crippen molar-refractivity contribution in [1.82, 2.24) is 4.98 Å². The highest BCUT2D eigenvalue weighted by Gasteiger charge is 1.96. The van der Waals surface area contributed by atoms with Gasteiger partial charge < -0.3 is 5.11 Å². The molecular formula is C8H9NO2. The number of hydrogen-bond acceptors (Lipinski definition) is 2. The first-order valence-corrected chi connectivity index (χ1v) is 3.24. The van der Waals surface area contributed by atoms with E-state index in [9.17, 15) is 4.79 Å². The Kier molecular flexibility index (Phi) is 2.14. The molecule has 0 radical (unpaired) electrons. The topological polar surface area (TPSA) is 50.2 Å². The van der Waals surface area contributed by atoms with Crippen molar-refractivity contribution in [2.24, 2.45) is 0 Å². The highest BCUT2D eigenvalue weighted by atomic mass is 16.4. The number of carboxylic acid groups (broad SMARTS) is 1. The highest BCUT2D eigenvalue weighted by Crippen LogP contribution is 1.99. The Morgan fingerprint density at radius 3 is 2.82 bits per heavy atom. The number of rotatable bonds is 3. The van der Waals surface area contributed by atoms with Crippen molar-refractivity contribution in [3.8, 4) is 0 Å². The SMILES string of the molecule is [2H]C(Cc1ccncc1)C(=O)O. The fraction of sp³-hybridized carbons (Fsp3) is 0.250. The Bertz CT molecular complexity index is 263. The van der Waals surface area contributed by atoms with Crippen molar-refractivity contribution in [2.45, 2.75) is 12.8 Å². The molecule has 1 aromatic heterocycles. The third-order valence-electron chi connectivity index (χ3n) is 1.26. The second-order valence-corrected chi connectivity index (χ2v) is 2.10. The first-order valence-electron chi connectivity index (χ1n) is 3.82. The first-order chi connectivity index (χ1) is 5.70. The van der Waals surface area contributed by atoms with E-state index in [-0.39, 0.29) is 6.42 Å². The van der Waals surface area contributed by atoms with Gasteiger partial charge in [0.25, 0.3) is 0 Å². The molecule has 1 atom stereocenters. The van der Waals surface area contributed by atoms with Crippen LogP contribution in [0.25, 0.3) is 0 Å². The predicted molar refractivity (Wildman–Crippen MR) is 40.2 cm³/mol. The van der Waals surface area contributed by atoms with Crippen LogP contribution in [0.4, 0.5) is 0 Å². The molecule has 0 saturated heterocycles. The Balaban J connectivity index is 2.58. The molecule has 0 aliphatic carbocycles. The largest absolute Gasteiger partial charge is 0.481 e. The molecule has 0 saturated carbocycles. The van der Waals surface area contributed by atoms with E-state index >= 15 is 0 Å². The summed E-state index contributed by atoms with van der Waals surface area (Å²) in [6.45, 7) is 0. The van der Waals surface area contributed by atoms with E-state index in [2.05, 4.69) is 4.98 Å². The summed E-state index contributed by atoms with van der Waals surface area (Å²) >= 11 is 0. The minimum atomic E-state index is -1.09. The molecular weight excluding hydrogens is 142 g/mol. The molecule has 0 bridgehead atoms. The highest BCUT2D eigenvalue weighted by molar-refractivity contribution is 5.67. The maximum Gasteiger partial charge on any atom is 0.303 e. The fourth-order valence-corrected chi connectivity index (χ4v) is 0.724. The molecule has 1 unspecified atom stereocenters. The smallest absolute Gasteiger partial charge is 0.303 e. The van der Waals surface area contributed by atoms with Gasteiger partial charge in [-0.1, -0.05) is 0 Å². The Hall–Kier alpha value is -1.38. The molecule has 0 fully saturated rings. The van der Waals surface area contributed by atoms with Gasteiger partial charge in [0, 0.05) is 20.2 Å². The lowest BCUT2D eigenvalue weighted by molar-refractivity contribution is -0.136. The Labute approximate surface area is 66.1 Å². The van der Waals surface area contributed by atoms with Crippen molar-refractivity contribution >= 4 is 5.97 Å². The van der Waals surface area contributed by atoms with Crippen molar-refractivity contribution in [2.75, 3.05) is 0 Å². The lowest BCUT2D eigenvalue weighted by atomic mass is 10.1. The van der Waals surface area contributed by atoms with Gasteiger partial charge in [0.1, 0.15) is 0 Å². The normalized spacial score (nSPS) is 13.6. The van der Waals surface area contributed by atoms with Crippen LogP contribution in [0, 0.1) is 0 Å². The summed E-state index contributed by atoms with van der Waals surface area (Å²) in [5, 5.41) is 8.44. The summed E-state index contributed by atoms with van der Waals surface area (Å²) in [6.07, 6.45) is 2.33. The molecule has 1 N–H and O–H groups in total. The van der Waals surface area contributed by atoms with E-state index in [1.807, 2.05) is 0 Å². The Morgan fingerprint density at radius 2 is 2.27 bits per heavy atom. The lowest BCUT2D eigenvalue weighted by Crippen LogP contribution is -1.96. The molecule has 0 aliphatic heterocycles. The van der Waals surface area contributed by atoms with Gasteiger partial charge in [-0.3, -0.25) is 9.78 Å². The zero-order chi connectivity index (χ0) is 8.97. The van der Waals surface area contributed by atoms with Crippen LogP contribution in [0.1, 0.15) is 13.3 Å². The molecule has 0 spiro atoms. The van der Waals surface area contributed by atoms with Gasteiger partial charge in [0.05, 0.1) is 0 Å². The second-order valence-electron chi connectivity index (χ2n) is 2.10. The van der Waals surface area contributed by atoms with Gasteiger partial charge in [-0.05, 0) is 24.1 Å². The molecule has 0 aromatic carbocycles. The number of hydrogen-bond donors (Lipinski definition) is 1. The van der Waals surface area contributed by atoms with E-state index in [1.54, 1.807) is 24.5 Å². The van der Waals surface area contributed by atoms with E-state index < -0.39 is 12.4 Å². The van der Waals surface area contributed by atoms with Crippen LogP contribution in [0.2, 0.25) is 0 Å². The average molecular weight is 152 g/mol. The quantitative estimate of drug-likeness (QED) is 0.705. The molecule has 58 valence electrons. The van der Waals surface area contributed by atoms with Gasteiger partial charge in [-0.15, -0.1) is 0 Å². The monoisotopic (exact) mass is 152 g/mol. The number of pyridine rings is 1. The maximum atomic E-state index is 10.3. The van der Waals surface area contributed by atoms with E-state index in [1.165, 1.54) is 0 Å². The van der Waals surface area contributed by atoms with E-state index in [0.29, 0.717) is 0 Å². The van der Waals surface area contributed by atoms with Crippen LogP contribution in [-0.2, 0) is 11.2 Å². The summed E-state index contributed by atoms with van der Waals surface area (Å²) < 4.78 is 7.14. The standard InChI is InChI=1S/C8H9NO2/c10-8(11)2-1-7-3-5-9-6-4-7/h3-6H,1-2H2,(H,10,11)/i2D. The van der Waals surface area contributed by atoms with Crippen LogP contribution in [0.5, 0.6) is 0 Å². The summed E-state index contributed by atoms with van der Waals surface area (Å²) in [6, 6.07) is 3.43. The van der Waals surface area contributed by atoms with Crippen LogP contribution < -0.4 is 0 Å². The van der Waals surface area contributed by atoms with Crippen LogP contribution in [0.3, 0.4) is 0 Å². The zero-order valence-electron chi connectivity index (χ0n) is 6.90. The molecule has 1 rings (SSSR count).